The highest BCUT2D eigenvalue weighted by Crippen LogP contribution is 2.40. The second-order valence-electron chi connectivity index (χ2n) is 13.6. The smallest absolute Gasteiger partial charge is 0.160 e. The van der Waals surface area contributed by atoms with Crippen molar-refractivity contribution in [3.05, 3.63) is 216 Å². The van der Waals surface area contributed by atoms with Gasteiger partial charge < -0.3 is 5.32 Å². The van der Waals surface area contributed by atoms with Gasteiger partial charge in [0.1, 0.15) is 12.0 Å². The lowest BCUT2D eigenvalue weighted by atomic mass is 9.86. The van der Waals surface area contributed by atoms with Gasteiger partial charge in [0, 0.05) is 11.1 Å². The zero-order valence-corrected chi connectivity index (χ0v) is 30.6. The van der Waals surface area contributed by atoms with Crippen LogP contribution in [0.15, 0.2) is 187 Å². The summed E-state index contributed by atoms with van der Waals surface area (Å²) in [4.78, 5) is 10.6. The van der Waals surface area contributed by atoms with Gasteiger partial charge in [0.2, 0.25) is 0 Å². The van der Waals surface area contributed by atoms with E-state index >= 15 is 0 Å². The molecule has 1 aliphatic heterocycles. The molecule has 0 amide bonds. The molecule has 7 aromatic carbocycles. The van der Waals surface area contributed by atoms with E-state index in [0.29, 0.717) is 5.84 Å². The summed E-state index contributed by atoms with van der Waals surface area (Å²) >= 11 is 0. The number of aliphatic imine (C=N–C) groups is 2. The van der Waals surface area contributed by atoms with E-state index in [9.17, 15) is 0 Å². The number of nitrogens with one attached hydrogen (secondary N) is 1. The maximum atomic E-state index is 5.35. The third-order valence-corrected chi connectivity index (χ3v) is 10.3. The summed E-state index contributed by atoms with van der Waals surface area (Å²) in [6.07, 6.45) is 3.54. The largest absolute Gasteiger partial charge is 0.344 e. The van der Waals surface area contributed by atoms with Gasteiger partial charge in [-0.15, -0.1) is 0 Å². The Morgan fingerprint density at radius 3 is 1.80 bits per heavy atom. The SMILES string of the molecule is C=Cc1ccccc1-c1c(C)cccc1C1=NC(c2ccccc2)NC(c2cccc(-c3c(C=C)cccc3-c3ccc(-c4ccccc4)cc3)c2C)=N1. The number of hydrogen-bond acceptors (Lipinski definition) is 3. The molecule has 3 heteroatoms. The Labute approximate surface area is 318 Å². The molecule has 54 heavy (non-hydrogen) atoms. The second-order valence-corrected chi connectivity index (χ2v) is 13.6. The lowest BCUT2D eigenvalue weighted by Gasteiger charge is -2.26. The van der Waals surface area contributed by atoms with Crippen LogP contribution in [0.4, 0.5) is 0 Å². The number of rotatable bonds is 9. The van der Waals surface area contributed by atoms with Crippen LogP contribution in [0.25, 0.3) is 56.7 Å². The first kappa shape index (κ1) is 34.3. The van der Waals surface area contributed by atoms with Crippen LogP contribution in [0.1, 0.15) is 45.1 Å². The minimum atomic E-state index is -0.334. The van der Waals surface area contributed by atoms with Gasteiger partial charge in [-0.25, -0.2) is 9.98 Å². The molecule has 0 aliphatic carbocycles. The lowest BCUT2D eigenvalue weighted by Crippen LogP contribution is -2.34. The Morgan fingerprint density at radius 2 is 1.04 bits per heavy atom. The maximum absolute atomic E-state index is 5.35. The van der Waals surface area contributed by atoms with Crippen LogP contribution in [0.2, 0.25) is 0 Å². The molecule has 0 spiro atoms. The minimum Gasteiger partial charge on any atom is -0.344 e. The van der Waals surface area contributed by atoms with Gasteiger partial charge in [-0.2, -0.15) is 0 Å². The molecule has 0 fully saturated rings. The molecule has 0 saturated heterocycles. The van der Waals surface area contributed by atoms with Crippen LogP contribution in [0.3, 0.4) is 0 Å². The fraction of sp³-hybridized carbons (Fsp3) is 0.0588. The first-order chi connectivity index (χ1) is 26.5. The van der Waals surface area contributed by atoms with Crippen LogP contribution >= 0.6 is 0 Å². The molecule has 1 heterocycles. The number of amidine groups is 2. The second kappa shape index (κ2) is 15.0. The topological polar surface area (TPSA) is 36.8 Å². The van der Waals surface area contributed by atoms with Crippen LogP contribution in [0.5, 0.6) is 0 Å². The first-order valence-electron chi connectivity index (χ1n) is 18.4. The fourth-order valence-electron chi connectivity index (χ4n) is 7.54. The summed E-state index contributed by atoms with van der Waals surface area (Å²) in [5.41, 5.74) is 16.7. The van der Waals surface area contributed by atoms with Crippen molar-refractivity contribution in [1.82, 2.24) is 5.32 Å². The molecule has 260 valence electrons. The molecule has 0 aromatic heterocycles. The Balaban J connectivity index is 1.27. The van der Waals surface area contributed by atoms with Crippen molar-refractivity contribution in [3.8, 4) is 44.5 Å². The molecule has 1 N–H and O–H groups in total. The van der Waals surface area contributed by atoms with E-state index in [1.807, 2.05) is 24.3 Å². The Bertz CT molecular complexity index is 2560. The summed E-state index contributed by atoms with van der Waals surface area (Å²) in [6, 6.07) is 57.4. The average molecular weight is 696 g/mol. The van der Waals surface area contributed by atoms with E-state index in [2.05, 4.69) is 184 Å². The number of nitrogens with zero attached hydrogens (tertiary/aromatic N) is 2. The van der Waals surface area contributed by atoms with E-state index < -0.39 is 0 Å². The zero-order chi connectivity index (χ0) is 37.0. The van der Waals surface area contributed by atoms with Crippen LogP contribution in [0, 0.1) is 13.8 Å². The van der Waals surface area contributed by atoms with Crippen molar-refractivity contribution in [3.63, 3.8) is 0 Å². The van der Waals surface area contributed by atoms with Gasteiger partial charge >= 0.3 is 0 Å². The predicted molar refractivity (Wildman–Crippen MR) is 230 cm³/mol. The molecular formula is C51H41N3. The quantitative estimate of drug-likeness (QED) is 0.160. The molecule has 1 atom stereocenters. The highest BCUT2D eigenvalue weighted by Gasteiger charge is 2.25. The van der Waals surface area contributed by atoms with Gasteiger partial charge in [0.15, 0.2) is 5.84 Å². The predicted octanol–water partition coefficient (Wildman–Crippen LogP) is 12.8. The molecule has 1 unspecified atom stereocenters. The van der Waals surface area contributed by atoms with Gasteiger partial charge in [0.05, 0.1) is 0 Å². The summed E-state index contributed by atoms with van der Waals surface area (Å²) < 4.78 is 0. The Hall–Kier alpha value is -6.84. The van der Waals surface area contributed by atoms with Crippen LogP contribution < -0.4 is 5.32 Å². The van der Waals surface area contributed by atoms with Crippen LogP contribution in [-0.4, -0.2) is 11.7 Å². The fourth-order valence-corrected chi connectivity index (χ4v) is 7.54. The molecule has 3 nitrogen and oxygen atoms in total. The summed E-state index contributed by atoms with van der Waals surface area (Å²) in [5, 5.41) is 3.72. The number of hydrogen-bond donors (Lipinski definition) is 1. The van der Waals surface area contributed by atoms with Crippen molar-refractivity contribution in [1.29, 1.82) is 0 Å². The van der Waals surface area contributed by atoms with Gasteiger partial charge in [-0.05, 0) is 86.2 Å². The molecule has 7 aromatic rings. The number of aryl methyl sites for hydroxylation is 1. The van der Waals surface area contributed by atoms with E-state index in [-0.39, 0.29) is 6.17 Å². The zero-order valence-electron chi connectivity index (χ0n) is 30.6. The van der Waals surface area contributed by atoms with E-state index in [1.54, 1.807) is 0 Å². The van der Waals surface area contributed by atoms with E-state index in [1.165, 1.54) is 11.1 Å². The Morgan fingerprint density at radius 1 is 0.481 bits per heavy atom. The highest BCUT2D eigenvalue weighted by molar-refractivity contribution is 6.16. The third kappa shape index (κ3) is 6.53. The maximum Gasteiger partial charge on any atom is 0.160 e. The number of benzene rings is 7. The van der Waals surface area contributed by atoms with Gasteiger partial charge in [-0.1, -0.05) is 189 Å². The summed E-state index contributed by atoms with van der Waals surface area (Å²) in [5.74, 6) is 1.47. The average Bonchev–Trinajstić information content (AvgIpc) is 3.24. The lowest BCUT2D eigenvalue weighted by molar-refractivity contribution is 0.674. The van der Waals surface area contributed by atoms with Crippen molar-refractivity contribution in [2.24, 2.45) is 9.98 Å². The van der Waals surface area contributed by atoms with Crippen molar-refractivity contribution in [2.75, 3.05) is 0 Å². The van der Waals surface area contributed by atoms with Gasteiger partial charge in [-0.3, -0.25) is 0 Å². The van der Waals surface area contributed by atoms with Crippen molar-refractivity contribution < 1.29 is 0 Å². The minimum absolute atomic E-state index is 0.334. The molecule has 1 aliphatic rings. The molecule has 0 bridgehead atoms. The van der Waals surface area contributed by atoms with Gasteiger partial charge in [0.25, 0.3) is 0 Å². The Kier molecular flexibility index (Phi) is 9.53. The standard InChI is InChI=1S/C51H41N3/c1-5-36-19-13-14-25-44(36)47-34(3)18-15-29-46(47)51-53-49(41-22-11-8-12-23-41)52-50(54-51)43-27-17-26-42(35(43)4)48-37(6-2)24-16-28-45(48)40-32-30-39(31-33-40)38-20-9-7-10-21-38/h5-33,49H,1-2H2,3-4H3,(H,52,53,54). The summed E-state index contributed by atoms with van der Waals surface area (Å²) in [6.45, 7) is 12.7. The first-order valence-corrected chi connectivity index (χ1v) is 18.4. The molecule has 8 rings (SSSR count). The molecule has 0 saturated carbocycles. The van der Waals surface area contributed by atoms with Crippen molar-refractivity contribution >= 4 is 23.8 Å². The van der Waals surface area contributed by atoms with E-state index in [0.717, 1.165) is 78.2 Å². The highest BCUT2D eigenvalue weighted by atomic mass is 15.2. The van der Waals surface area contributed by atoms with Crippen LogP contribution in [-0.2, 0) is 0 Å². The molecule has 0 radical (unpaired) electrons. The van der Waals surface area contributed by atoms with E-state index in [4.69, 9.17) is 9.98 Å². The third-order valence-electron chi connectivity index (χ3n) is 10.3. The summed E-state index contributed by atoms with van der Waals surface area (Å²) in [7, 11) is 0. The monoisotopic (exact) mass is 695 g/mol. The molecular weight excluding hydrogens is 655 g/mol. The van der Waals surface area contributed by atoms with Crippen molar-refractivity contribution in [2.45, 2.75) is 20.0 Å². The normalized spacial score (nSPS) is 13.7.